The van der Waals surface area contributed by atoms with Crippen molar-refractivity contribution in [2.24, 2.45) is 5.41 Å². The number of unbranched alkanes of at least 4 members (excludes halogenated alkanes) is 1. The molecule has 0 radical (unpaired) electrons. The van der Waals surface area contributed by atoms with E-state index in [1.165, 1.54) is 0 Å². The second-order valence-electron chi connectivity index (χ2n) is 5.59. The van der Waals surface area contributed by atoms with Crippen molar-refractivity contribution in [2.45, 2.75) is 52.5 Å². The summed E-state index contributed by atoms with van der Waals surface area (Å²) in [7, 11) is 0. The Balaban J connectivity index is 2.06. The van der Waals surface area contributed by atoms with E-state index in [0.717, 1.165) is 38.0 Å². The van der Waals surface area contributed by atoms with Crippen LogP contribution in [0.3, 0.4) is 0 Å². The molecule has 0 aliphatic heterocycles. The number of nitriles is 1. The summed E-state index contributed by atoms with van der Waals surface area (Å²) in [5, 5.41) is 12.4. The summed E-state index contributed by atoms with van der Waals surface area (Å²) in [6, 6.07) is 6.70. The lowest BCUT2D eigenvalue weighted by Gasteiger charge is -2.16. The van der Waals surface area contributed by atoms with Crippen LogP contribution in [0.25, 0.3) is 0 Å². The smallest absolute Gasteiger partial charge is 0.105 e. The van der Waals surface area contributed by atoms with Gasteiger partial charge in [-0.1, -0.05) is 6.42 Å². The Labute approximate surface area is 110 Å². The first-order chi connectivity index (χ1) is 8.53. The van der Waals surface area contributed by atoms with Gasteiger partial charge >= 0.3 is 0 Å². The van der Waals surface area contributed by atoms with Gasteiger partial charge < -0.3 is 9.73 Å². The number of furan rings is 1. The summed E-state index contributed by atoms with van der Waals surface area (Å²) in [5.41, 5.74) is -0.181. The standard InChI is InChI=1S/C15H24N2O/c1-13(11-14-7-6-10-18-14)17-9-5-4-8-15(2,3)12-16/h6-7,10,13,17H,4-5,8-9,11H2,1-3H3. The molecule has 0 amide bonds. The Morgan fingerprint density at radius 3 is 2.83 bits per heavy atom. The summed E-state index contributed by atoms with van der Waals surface area (Å²) < 4.78 is 5.31. The molecular weight excluding hydrogens is 224 g/mol. The van der Waals surface area contributed by atoms with Gasteiger partial charge in [-0.25, -0.2) is 0 Å². The van der Waals surface area contributed by atoms with Crippen LogP contribution in [0.15, 0.2) is 22.8 Å². The highest BCUT2D eigenvalue weighted by Gasteiger charge is 2.15. The van der Waals surface area contributed by atoms with Crippen molar-refractivity contribution < 1.29 is 4.42 Å². The topological polar surface area (TPSA) is 49.0 Å². The maximum Gasteiger partial charge on any atom is 0.105 e. The maximum atomic E-state index is 8.91. The van der Waals surface area contributed by atoms with Crippen LogP contribution in [-0.2, 0) is 6.42 Å². The van der Waals surface area contributed by atoms with Gasteiger partial charge in [-0.2, -0.15) is 5.26 Å². The number of hydrogen-bond acceptors (Lipinski definition) is 3. The highest BCUT2D eigenvalue weighted by Crippen LogP contribution is 2.21. The number of nitrogens with zero attached hydrogens (tertiary/aromatic N) is 1. The molecule has 1 atom stereocenters. The van der Waals surface area contributed by atoms with Crippen molar-refractivity contribution in [3.8, 4) is 6.07 Å². The van der Waals surface area contributed by atoms with E-state index in [4.69, 9.17) is 9.68 Å². The Hall–Kier alpha value is -1.27. The molecule has 0 aliphatic carbocycles. The van der Waals surface area contributed by atoms with E-state index in [9.17, 15) is 0 Å². The molecule has 0 spiro atoms. The highest BCUT2D eigenvalue weighted by molar-refractivity contribution is 4.99. The highest BCUT2D eigenvalue weighted by atomic mass is 16.3. The first-order valence-corrected chi connectivity index (χ1v) is 6.70. The summed E-state index contributed by atoms with van der Waals surface area (Å²) in [4.78, 5) is 0. The lowest BCUT2D eigenvalue weighted by atomic mass is 9.89. The van der Waals surface area contributed by atoms with E-state index in [1.807, 2.05) is 26.0 Å². The molecule has 3 heteroatoms. The van der Waals surface area contributed by atoms with E-state index in [0.29, 0.717) is 6.04 Å². The van der Waals surface area contributed by atoms with Gasteiger partial charge in [0.15, 0.2) is 0 Å². The van der Waals surface area contributed by atoms with Crippen molar-refractivity contribution in [3.05, 3.63) is 24.2 Å². The van der Waals surface area contributed by atoms with Crippen molar-refractivity contribution in [3.63, 3.8) is 0 Å². The van der Waals surface area contributed by atoms with Crippen LogP contribution in [0.1, 0.15) is 45.8 Å². The molecule has 1 aromatic rings. The molecule has 0 aromatic carbocycles. The van der Waals surface area contributed by atoms with Gasteiger partial charge in [0.2, 0.25) is 0 Å². The predicted molar refractivity (Wildman–Crippen MR) is 73.1 cm³/mol. The molecule has 18 heavy (non-hydrogen) atoms. The van der Waals surface area contributed by atoms with Crippen LogP contribution in [0.5, 0.6) is 0 Å². The van der Waals surface area contributed by atoms with Gasteiger partial charge in [-0.15, -0.1) is 0 Å². The van der Waals surface area contributed by atoms with Crippen molar-refractivity contribution in [1.82, 2.24) is 5.32 Å². The second-order valence-corrected chi connectivity index (χ2v) is 5.59. The predicted octanol–water partition coefficient (Wildman–Crippen LogP) is 3.52. The number of nitrogens with one attached hydrogen (secondary N) is 1. The zero-order chi connectivity index (χ0) is 13.4. The summed E-state index contributed by atoms with van der Waals surface area (Å²) in [6.07, 6.45) is 5.83. The molecule has 0 fully saturated rings. The summed E-state index contributed by atoms with van der Waals surface area (Å²) in [6.45, 7) is 7.17. The van der Waals surface area contributed by atoms with Crippen molar-refractivity contribution >= 4 is 0 Å². The van der Waals surface area contributed by atoms with E-state index in [1.54, 1.807) is 6.26 Å². The van der Waals surface area contributed by atoms with Crippen LogP contribution in [0.2, 0.25) is 0 Å². The third kappa shape index (κ3) is 5.88. The monoisotopic (exact) mass is 248 g/mol. The van der Waals surface area contributed by atoms with Crippen LogP contribution in [0.4, 0.5) is 0 Å². The van der Waals surface area contributed by atoms with E-state index >= 15 is 0 Å². The van der Waals surface area contributed by atoms with Gasteiger partial charge in [0.05, 0.1) is 17.7 Å². The van der Waals surface area contributed by atoms with Gasteiger partial charge in [-0.3, -0.25) is 0 Å². The molecular formula is C15H24N2O. The maximum absolute atomic E-state index is 8.91. The third-order valence-electron chi connectivity index (χ3n) is 3.11. The molecule has 0 bridgehead atoms. The normalized spacial score (nSPS) is 13.2. The van der Waals surface area contributed by atoms with Crippen LogP contribution >= 0.6 is 0 Å². The van der Waals surface area contributed by atoms with Gasteiger partial charge in [0.25, 0.3) is 0 Å². The SMILES string of the molecule is CC(Cc1ccco1)NCCCCC(C)(C)C#N. The van der Waals surface area contributed by atoms with E-state index < -0.39 is 0 Å². The minimum atomic E-state index is -0.181. The van der Waals surface area contributed by atoms with Gasteiger partial charge in [-0.05, 0) is 52.3 Å². The molecule has 100 valence electrons. The van der Waals surface area contributed by atoms with E-state index in [2.05, 4.69) is 18.3 Å². The van der Waals surface area contributed by atoms with Crippen LogP contribution < -0.4 is 5.32 Å². The minimum absolute atomic E-state index is 0.181. The number of hydrogen-bond donors (Lipinski definition) is 1. The molecule has 1 N–H and O–H groups in total. The molecule has 0 saturated heterocycles. The Morgan fingerprint density at radius 1 is 1.44 bits per heavy atom. The van der Waals surface area contributed by atoms with E-state index in [-0.39, 0.29) is 5.41 Å². The quantitative estimate of drug-likeness (QED) is 0.716. The number of rotatable bonds is 8. The Kier molecular flexibility index (Phi) is 5.94. The molecule has 1 rings (SSSR count). The van der Waals surface area contributed by atoms with Gasteiger partial charge in [0.1, 0.15) is 5.76 Å². The first-order valence-electron chi connectivity index (χ1n) is 6.70. The fourth-order valence-electron chi connectivity index (χ4n) is 1.90. The summed E-state index contributed by atoms with van der Waals surface area (Å²) >= 11 is 0. The largest absolute Gasteiger partial charge is 0.469 e. The zero-order valence-corrected chi connectivity index (χ0v) is 11.7. The molecule has 1 aromatic heterocycles. The third-order valence-corrected chi connectivity index (χ3v) is 3.11. The zero-order valence-electron chi connectivity index (χ0n) is 11.7. The Bertz CT molecular complexity index is 362. The first kappa shape index (κ1) is 14.8. The van der Waals surface area contributed by atoms with Crippen LogP contribution in [0, 0.1) is 16.7 Å². The van der Waals surface area contributed by atoms with Gasteiger partial charge in [0, 0.05) is 12.5 Å². The molecule has 3 nitrogen and oxygen atoms in total. The second kappa shape index (κ2) is 7.23. The minimum Gasteiger partial charge on any atom is -0.469 e. The molecule has 1 heterocycles. The Morgan fingerprint density at radius 2 is 2.22 bits per heavy atom. The van der Waals surface area contributed by atoms with Crippen molar-refractivity contribution in [1.29, 1.82) is 5.26 Å². The lowest BCUT2D eigenvalue weighted by Crippen LogP contribution is -2.29. The van der Waals surface area contributed by atoms with Crippen LogP contribution in [-0.4, -0.2) is 12.6 Å². The average molecular weight is 248 g/mol. The molecule has 0 aliphatic rings. The summed E-state index contributed by atoms with van der Waals surface area (Å²) in [5.74, 6) is 1.03. The lowest BCUT2D eigenvalue weighted by molar-refractivity contribution is 0.410. The van der Waals surface area contributed by atoms with Crippen molar-refractivity contribution in [2.75, 3.05) is 6.54 Å². The molecule has 1 unspecified atom stereocenters. The fourth-order valence-corrected chi connectivity index (χ4v) is 1.90. The average Bonchev–Trinajstić information content (AvgIpc) is 2.81. The fraction of sp³-hybridized carbons (Fsp3) is 0.667. The molecule has 0 saturated carbocycles.